The second-order valence-corrected chi connectivity index (χ2v) is 8.08. The van der Waals surface area contributed by atoms with Gasteiger partial charge in [0.25, 0.3) is 0 Å². The molecule has 182 valence electrons. The zero-order valence-electron chi connectivity index (χ0n) is 18.1. The third-order valence-corrected chi connectivity index (χ3v) is 5.45. The van der Waals surface area contributed by atoms with Crippen LogP contribution in [0.1, 0.15) is 81.1 Å². The second kappa shape index (κ2) is 12.9. The van der Waals surface area contributed by atoms with Gasteiger partial charge < -0.3 is 14.7 Å². The Hall–Kier alpha value is -2.98. The SMILES string of the molecule is O=C(O)C(F)(F)F.O=C(O)C[C@@H](CCCC1CCCCC1)c1nc(Cc2ccccn2)no1. The van der Waals surface area contributed by atoms with Gasteiger partial charge in [-0.3, -0.25) is 9.78 Å². The summed E-state index contributed by atoms with van der Waals surface area (Å²) < 4.78 is 37.1. The number of aromatic nitrogens is 3. The van der Waals surface area contributed by atoms with Crippen molar-refractivity contribution in [2.24, 2.45) is 5.92 Å². The lowest BCUT2D eigenvalue weighted by molar-refractivity contribution is -0.192. The highest BCUT2D eigenvalue weighted by Gasteiger charge is 2.38. The lowest BCUT2D eigenvalue weighted by Gasteiger charge is -2.21. The van der Waals surface area contributed by atoms with E-state index in [1.54, 1.807) is 6.20 Å². The summed E-state index contributed by atoms with van der Waals surface area (Å²) in [5, 5.41) is 20.4. The smallest absolute Gasteiger partial charge is 0.481 e. The van der Waals surface area contributed by atoms with E-state index < -0.39 is 18.1 Å². The summed E-state index contributed by atoms with van der Waals surface area (Å²) in [6.45, 7) is 0. The van der Waals surface area contributed by atoms with Crippen molar-refractivity contribution in [1.29, 1.82) is 0 Å². The van der Waals surface area contributed by atoms with E-state index in [1.165, 1.54) is 38.5 Å². The molecule has 0 amide bonds. The molecular weight excluding hydrogens is 443 g/mol. The summed E-state index contributed by atoms with van der Waals surface area (Å²) in [6, 6.07) is 5.69. The minimum absolute atomic E-state index is 0.0376. The van der Waals surface area contributed by atoms with Gasteiger partial charge in [0.15, 0.2) is 5.82 Å². The average molecular weight is 471 g/mol. The number of aliphatic carboxylic acids is 2. The molecule has 8 nitrogen and oxygen atoms in total. The van der Waals surface area contributed by atoms with E-state index >= 15 is 0 Å². The molecule has 1 aliphatic carbocycles. The molecule has 2 aromatic rings. The Morgan fingerprint density at radius 2 is 1.85 bits per heavy atom. The molecule has 1 atom stereocenters. The van der Waals surface area contributed by atoms with Crippen LogP contribution in [0.25, 0.3) is 0 Å². The molecule has 3 rings (SSSR count). The molecule has 0 radical (unpaired) electrons. The van der Waals surface area contributed by atoms with Crippen LogP contribution in [0.2, 0.25) is 0 Å². The van der Waals surface area contributed by atoms with Crippen LogP contribution in [0.4, 0.5) is 13.2 Å². The van der Waals surface area contributed by atoms with Crippen LogP contribution in [-0.4, -0.2) is 43.5 Å². The van der Waals surface area contributed by atoms with Gasteiger partial charge in [-0.2, -0.15) is 18.2 Å². The monoisotopic (exact) mass is 471 g/mol. The maximum absolute atomic E-state index is 11.2. The first-order valence-electron chi connectivity index (χ1n) is 10.9. The largest absolute Gasteiger partial charge is 0.490 e. The highest BCUT2D eigenvalue weighted by molar-refractivity contribution is 5.73. The topological polar surface area (TPSA) is 126 Å². The van der Waals surface area contributed by atoms with Crippen LogP contribution in [0, 0.1) is 5.92 Å². The summed E-state index contributed by atoms with van der Waals surface area (Å²) in [4.78, 5) is 28.8. The van der Waals surface area contributed by atoms with Crippen molar-refractivity contribution in [2.75, 3.05) is 0 Å². The van der Waals surface area contributed by atoms with Gasteiger partial charge >= 0.3 is 18.1 Å². The van der Waals surface area contributed by atoms with E-state index in [-0.39, 0.29) is 12.3 Å². The van der Waals surface area contributed by atoms with E-state index in [2.05, 4.69) is 15.1 Å². The van der Waals surface area contributed by atoms with E-state index in [4.69, 9.17) is 14.4 Å². The third kappa shape index (κ3) is 10.0. The molecule has 0 saturated heterocycles. The Morgan fingerprint density at radius 3 is 2.42 bits per heavy atom. The molecule has 0 aliphatic heterocycles. The summed E-state index contributed by atoms with van der Waals surface area (Å²) in [7, 11) is 0. The van der Waals surface area contributed by atoms with Gasteiger partial charge in [0, 0.05) is 17.8 Å². The number of pyridine rings is 1. The van der Waals surface area contributed by atoms with Gasteiger partial charge in [-0.15, -0.1) is 0 Å². The fourth-order valence-corrected chi connectivity index (χ4v) is 3.82. The van der Waals surface area contributed by atoms with Gasteiger partial charge in [0.2, 0.25) is 5.89 Å². The van der Waals surface area contributed by atoms with Gasteiger partial charge in [0.05, 0.1) is 12.8 Å². The van der Waals surface area contributed by atoms with Crippen LogP contribution in [0.5, 0.6) is 0 Å². The Morgan fingerprint density at radius 1 is 1.15 bits per heavy atom. The Labute approximate surface area is 189 Å². The molecule has 0 aromatic carbocycles. The average Bonchev–Trinajstić information content (AvgIpc) is 3.22. The summed E-state index contributed by atoms with van der Waals surface area (Å²) >= 11 is 0. The minimum Gasteiger partial charge on any atom is -0.481 e. The maximum atomic E-state index is 11.2. The van der Waals surface area contributed by atoms with Gasteiger partial charge in [-0.05, 0) is 24.5 Å². The molecule has 2 heterocycles. The number of hydrogen-bond acceptors (Lipinski definition) is 6. The number of rotatable bonds is 9. The predicted molar refractivity (Wildman–Crippen MR) is 110 cm³/mol. The number of carboxylic acids is 2. The third-order valence-electron chi connectivity index (χ3n) is 5.45. The molecular formula is C22H28F3N3O5. The van der Waals surface area contributed by atoms with E-state index in [9.17, 15) is 23.1 Å². The molecule has 1 fully saturated rings. The van der Waals surface area contributed by atoms with Crippen molar-refractivity contribution in [1.82, 2.24) is 15.1 Å². The van der Waals surface area contributed by atoms with Crippen LogP contribution < -0.4 is 0 Å². The maximum Gasteiger partial charge on any atom is 0.490 e. The van der Waals surface area contributed by atoms with Gasteiger partial charge in [-0.25, -0.2) is 4.79 Å². The number of alkyl halides is 3. The highest BCUT2D eigenvalue weighted by Crippen LogP contribution is 2.31. The van der Waals surface area contributed by atoms with E-state index in [1.807, 2.05) is 18.2 Å². The van der Waals surface area contributed by atoms with Gasteiger partial charge in [0.1, 0.15) is 0 Å². The molecule has 0 bridgehead atoms. The fraction of sp³-hybridized carbons (Fsp3) is 0.591. The number of carbonyl (C=O) groups is 2. The first-order chi connectivity index (χ1) is 15.6. The second-order valence-electron chi connectivity index (χ2n) is 8.08. The van der Waals surface area contributed by atoms with Gasteiger partial charge in [-0.1, -0.05) is 56.2 Å². The highest BCUT2D eigenvalue weighted by atomic mass is 19.4. The van der Waals surface area contributed by atoms with E-state index in [0.29, 0.717) is 18.1 Å². The molecule has 33 heavy (non-hydrogen) atoms. The summed E-state index contributed by atoms with van der Waals surface area (Å²) in [6.07, 6.45) is 6.82. The zero-order valence-corrected chi connectivity index (χ0v) is 18.1. The van der Waals surface area contributed by atoms with Crippen molar-refractivity contribution in [2.45, 2.75) is 76.3 Å². The summed E-state index contributed by atoms with van der Waals surface area (Å²) in [5.41, 5.74) is 0.868. The number of carboxylic acid groups (broad SMARTS) is 2. The normalized spacial score (nSPS) is 15.4. The zero-order chi connectivity index (χ0) is 24.3. The van der Waals surface area contributed by atoms with Crippen molar-refractivity contribution in [3.8, 4) is 0 Å². The Balaban J connectivity index is 0.000000479. The molecule has 2 N–H and O–H groups in total. The molecule has 1 saturated carbocycles. The Bertz CT molecular complexity index is 868. The molecule has 0 unspecified atom stereocenters. The molecule has 0 spiro atoms. The van der Waals surface area contributed by atoms with Crippen molar-refractivity contribution in [3.05, 3.63) is 41.8 Å². The van der Waals surface area contributed by atoms with Crippen LogP contribution >= 0.6 is 0 Å². The lowest BCUT2D eigenvalue weighted by atomic mass is 9.84. The van der Waals surface area contributed by atoms with Crippen LogP contribution in [0.15, 0.2) is 28.9 Å². The first-order valence-corrected chi connectivity index (χ1v) is 10.9. The van der Waals surface area contributed by atoms with Crippen molar-refractivity contribution < 1.29 is 37.5 Å². The molecule has 11 heteroatoms. The quantitative estimate of drug-likeness (QED) is 0.523. The minimum atomic E-state index is -5.08. The number of hydrogen-bond donors (Lipinski definition) is 2. The number of halogens is 3. The Kier molecular flexibility index (Phi) is 10.3. The van der Waals surface area contributed by atoms with Crippen molar-refractivity contribution in [3.63, 3.8) is 0 Å². The fourth-order valence-electron chi connectivity index (χ4n) is 3.82. The first kappa shape index (κ1) is 26.3. The molecule has 2 aromatic heterocycles. The van der Waals surface area contributed by atoms with Crippen molar-refractivity contribution >= 4 is 11.9 Å². The summed E-state index contributed by atoms with van der Waals surface area (Å²) in [5.74, 6) is -1.98. The van der Waals surface area contributed by atoms with E-state index in [0.717, 1.165) is 24.5 Å². The lowest BCUT2D eigenvalue weighted by Crippen LogP contribution is -2.21. The predicted octanol–water partition coefficient (Wildman–Crippen LogP) is 5.00. The standard InChI is InChI=1S/C20H27N3O3.C2HF3O2/c24-19(25)13-16(10-6-9-15-7-2-1-3-8-15)20-22-18(23-26-20)14-17-11-4-5-12-21-17;3-2(4,5)1(6)7/h4-5,11-12,15-16H,1-3,6-10,13-14H2,(H,24,25);(H,6,7)/t16-;/m1./s1. The van der Waals surface area contributed by atoms with Crippen LogP contribution in [0.3, 0.4) is 0 Å². The molecule has 1 aliphatic rings. The number of nitrogens with zero attached hydrogens (tertiary/aromatic N) is 3. The van der Waals surface area contributed by atoms with Crippen LogP contribution in [-0.2, 0) is 16.0 Å².